The molecule has 1 fully saturated rings. The highest BCUT2D eigenvalue weighted by Gasteiger charge is 2.30. The van der Waals surface area contributed by atoms with E-state index in [0.717, 1.165) is 12.2 Å². The van der Waals surface area contributed by atoms with Gasteiger partial charge in [-0.25, -0.2) is 0 Å². The quantitative estimate of drug-likeness (QED) is 0.340. The molecule has 0 saturated carbocycles. The first kappa shape index (κ1) is 18.2. The van der Waals surface area contributed by atoms with Gasteiger partial charge in [0.1, 0.15) is 17.7 Å². The van der Waals surface area contributed by atoms with Crippen molar-refractivity contribution in [3.63, 3.8) is 0 Å². The Labute approximate surface area is 161 Å². The number of rotatable bonds is 6. The van der Waals surface area contributed by atoms with Crippen molar-refractivity contribution >= 4 is 40.7 Å². The molecule has 0 spiro atoms. The fourth-order valence-electron chi connectivity index (χ4n) is 2.59. The van der Waals surface area contributed by atoms with E-state index in [1.165, 1.54) is 17.3 Å². The van der Waals surface area contributed by atoms with E-state index in [0.29, 0.717) is 10.9 Å². The Morgan fingerprint density at radius 1 is 1.42 bits per heavy atom. The second-order valence-electron chi connectivity index (χ2n) is 5.73. The molecule has 2 aliphatic rings. The van der Waals surface area contributed by atoms with Gasteiger partial charge in [0.2, 0.25) is 0 Å². The monoisotopic (exact) mass is 383 g/mol. The van der Waals surface area contributed by atoms with Gasteiger partial charge in [0, 0.05) is 11.4 Å². The van der Waals surface area contributed by atoms with Gasteiger partial charge in [0.05, 0.1) is 6.04 Å². The van der Waals surface area contributed by atoms with Gasteiger partial charge >= 0.3 is 0 Å². The van der Waals surface area contributed by atoms with E-state index < -0.39 is 5.91 Å². The van der Waals surface area contributed by atoms with Gasteiger partial charge in [-0.2, -0.15) is 5.26 Å². The van der Waals surface area contributed by atoms with Gasteiger partial charge in [-0.3, -0.25) is 4.79 Å². The van der Waals surface area contributed by atoms with Crippen LogP contribution in [0.5, 0.6) is 0 Å². The van der Waals surface area contributed by atoms with E-state index in [4.69, 9.17) is 17.0 Å². The van der Waals surface area contributed by atoms with Crippen molar-refractivity contribution in [2.45, 2.75) is 18.6 Å². The number of benzene rings is 1. The zero-order valence-corrected chi connectivity index (χ0v) is 15.5. The molecule has 1 aromatic rings. The maximum absolute atomic E-state index is 12.1. The van der Waals surface area contributed by atoms with Crippen LogP contribution >= 0.6 is 24.0 Å². The SMILES string of the molecule is N#C/C(=C\SCCC1=CC2NC(=S)OC2C=C1)C(=O)Nc1ccccc1. The number of thiocarbonyl (C=S) groups is 1. The third kappa shape index (κ3) is 4.75. The molecular formula is C19H17N3O2S2. The lowest BCUT2D eigenvalue weighted by Gasteiger charge is -2.16. The second kappa shape index (κ2) is 8.70. The number of thioether (sulfide) groups is 1. The van der Waals surface area contributed by atoms with E-state index in [1.54, 1.807) is 17.5 Å². The lowest BCUT2D eigenvalue weighted by molar-refractivity contribution is -0.112. The van der Waals surface area contributed by atoms with E-state index >= 15 is 0 Å². The number of carbonyl (C=O) groups is 1. The average Bonchev–Trinajstić information content (AvgIpc) is 3.01. The van der Waals surface area contributed by atoms with Gasteiger partial charge in [-0.05, 0) is 47.8 Å². The number of carbonyl (C=O) groups excluding carboxylic acids is 1. The first-order chi connectivity index (χ1) is 12.7. The molecule has 0 aromatic heterocycles. The zero-order chi connectivity index (χ0) is 18.4. The molecule has 1 aliphatic heterocycles. The van der Waals surface area contributed by atoms with Gasteiger partial charge in [0.25, 0.3) is 11.1 Å². The van der Waals surface area contributed by atoms with Crippen LogP contribution in [0.25, 0.3) is 0 Å². The average molecular weight is 383 g/mol. The zero-order valence-electron chi connectivity index (χ0n) is 13.8. The summed E-state index contributed by atoms with van der Waals surface area (Å²) in [6.07, 6.45) is 6.95. The fraction of sp³-hybridized carbons (Fsp3) is 0.211. The predicted octanol–water partition coefficient (Wildman–Crippen LogP) is 3.29. The topological polar surface area (TPSA) is 74.1 Å². The number of amides is 1. The van der Waals surface area contributed by atoms with Crippen LogP contribution in [0.3, 0.4) is 0 Å². The molecule has 1 amide bonds. The lowest BCUT2D eigenvalue weighted by atomic mass is 9.99. The van der Waals surface area contributed by atoms with E-state index in [2.05, 4.69) is 16.7 Å². The summed E-state index contributed by atoms with van der Waals surface area (Å²) < 4.78 is 5.45. The van der Waals surface area contributed by atoms with Crippen LogP contribution in [0.15, 0.2) is 65.1 Å². The third-order valence-electron chi connectivity index (χ3n) is 3.88. The third-order valence-corrected chi connectivity index (χ3v) is 4.94. The summed E-state index contributed by atoms with van der Waals surface area (Å²) in [7, 11) is 0. The number of allylic oxidation sites excluding steroid dienone is 2. The number of anilines is 1. The number of hydrogen-bond acceptors (Lipinski definition) is 5. The van der Waals surface area contributed by atoms with Crippen molar-refractivity contribution in [1.82, 2.24) is 5.32 Å². The van der Waals surface area contributed by atoms with Crippen molar-refractivity contribution in [2.75, 3.05) is 11.1 Å². The number of fused-ring (bicyclic) bond motifs is 1. The van der Waals surface area contributed by atoms with Crippen molar-refractivity contribution in [1.29, 1.82) is 5.26 Å². The molecule has 2 unspecified atom stereocenters. The van der Waals surface area contributed by atoms with Crippen LogP contribution in [-0.2, 0) is 9.53 Å². The molecular weight excluding hydrogens is 366 g/mol. The summed E-state index contributed by atoms with van der Waals surface area (Å²) in [4.78, 5) is 12.1. The van der Waals surface area contributed by atoms with E-state index in [-0.39, 0.29) is 17.7 Å². The fourth-order valence-corrected chi connectivity index (χ4v) is 3.63. The van der Waals surface area contributed by atoms with Crippen LogP contribution in [0.1, 0.15) is 6.42 Å². The standard InChI is InChI=1S/C19H17N3O2S2/c20-11-14(18(23)21-15-4-2-1-3-5-15)12-26-9-8-13-6-7-17-16(10-13)22-19(25)24-17/h1-7,10,12,16-17H,8-9H2,(H,21,23)(H,22,25)/b14-12+. The van der Waals surface area contributed by atoms with Gasteiger partial charge in [-0.15, -0.1) is 11.8 Å². The minimum absolute atomic E-state index is 0.0225. The van der Waals surface area contributed by atoms with Crippen LogP contribution in [0, 0.1) is 11.3 Å². The van der Waals surface area contributed by atoms with Crippen LogP contribution in [0.4, 0.5) is 5.69 Å². The molecule has 0 radical (unpaired) electrons. The largest absolute Gasteiger partial charge is 0.461 e. The van der Waals surface area contributed by atoms with Crippen LogP contribution in [-0.4, -0.2) is 29.0 Å². The molecule has 1 saturated heterocycles. The number of nitrogens with zero attached hydrogens (tertiary/aromatic N) is 1. The Kier molecular flexibility index (Phi) is 6.10. The number of para-hydroxylation sites is 1. The van der Waals surface area contributed by atoms with E-state index in [1.807, 2.05) is 36.4 Å². The van der Waals surface area contributed by atoms with Crippen molar-refractivity contribution in [3.05, 3.63) is 65.1 Å². The summed E-state index contributed by atoms with van der Waals surface area (Å²) >= 11 is 6.46. The smallest absolute Gasteiger partial charge is 0.266 e. The van der Waals surface area contributed by atoms with Crippen molar-refractivity contribution in [2.24, 2.45) is 0 Å². The summed E-state index contributed by atoms with van der Waals surface area (Å²) in [6, 6.07) is 11.1. The number of nitriles is 1. The van der Waals surface area contributed by atoms with Crippen LogP contribution in [0.2, 0.25) is 0 Å². The molecule has 0 bridgehead atoms. The molecule has 1 heterocycles. The Hall–Kier alpha value is -2.56. The molecule has 2 N–H and O–H groups in total. The minimum atomic E-state index is -0.397. The molecule has 26 heavy (non-hydrogen) atoms. The van der Waals surface area contributed by atoms with Crippen molar-refractivity contribution < 1.29 is 9.53 Å². The van der Waals surface area contributed by atoms with Crippen LogP contribution < -0.4 is 10.6 Å². The maximum atomic E-state index is 12.1. The summed E-state index contributed by atoms with van der Waals surface area (Å²) in [5.41, 5.74) is 1.95. The van der Waals surface area contributed by atoms with Gasteiger partial charge < -0.3 is 15.4 Å². The first-order valence-corrected chi connectivity index (χ1v) is 9.56. The number of nitrogens with one attached hydrogen (secondary N) is 2. The molecule has 3 rings (SSSR count). The van der Waals surface area contributed by atoms with Crippen molar-refractivity contribution in [3.8, 4) is 6.07 Å². The molecule has 7 heteroatoms. The Balaban J connectivity index is 1.49. The summed E-state index contributed by atoms with van der Waals surface area (Å²) in [5, 5.41) is 17.1. The molecule has 2 atom stereocenters. The van der Waals surface area contributed by atoms with Gasteiger partial charge in [-0.1, -0.05) is 30.4 Å². The maximum Gasteiger partial charge on any atom is 0.266 e. The molecule has 1 aromatic carbocycles. The number of hydrogen-bond donors (Lipinski definition) is 2. The highest BCUT2D eigenvalue weighted by Crippen LogP contribution is 2.22. The Morgan fingerprint density at radius 3 is 3.00 bits per heavy atom. The molecule has 132 valence electrons. The normalized spacial score (nSPS) is 21.1. The lowest BCUT2D eigenvalue weighted by Crippen LogP contribution is -2.30. The van der Waals surface area contributed by atoms with E-state index in [9.17, 15) is 10.1 Å². The predicted molar refractivity (Wildman–Crippen MR) is 107 cm³/mol. The minimum Gasteiger partial charge on any atom is -0.461 e. The Morgan fingerprint density at radius 2 is 2.23 bits per heavy atom. The summed E-state index contributed by atoms with van der Waals surface area (Å²) in [6.45, 7) is 0. The number of ether oxygens (including phenoxy) is 1. The first-order valence-electron chi connectivity index (χ1n) is 8.10. The highest BCUT2D eigenvalue weighted by molar-refractivity contribution is 8.02. The molecule has 5 nitrogen and oxygen atoms in total. The molecule has 1 aliphatic carbocycles. The highest BCUT2D eigenvalue weighted by atomic mass is 32.2. The second-order valence-corrected chi connectivity index (χ2v) is 7.07. The Bertz CT molecular complexity index is 825. The summed E-state index contributed by atoms with van der Waals surface area (Å²) in [5.74, 6) is 0.370. The van der Waals surface area contributed by atoms with Gasteiger partial charge in [0.15, 0.2) is 0 Å².